The SMILES string of the molecule is CC(C)CCN(C)CCC(C)(C)C(N)=NO. The molecule has 0 saturated carbocycles. The van der Waals surface area contributed by atoms with Crippen LogP contribution in [0.25, 0.3) is 0 Å². The fourth-order valence-corrected chi connectivity index (χ4v) is 1.32. The number of hydrogen-bond acceptors (Lipinski definition) is 3. The van der Waals surface area contributed by atoms with E-state index in [1.807, 2.05) is 13.8 Å². The van der Waals surface area contributed by atoms with Crippen LogP contribution in [0.3, 0.4) is 0 Å². The first kappa shape index (κ1) is 15.2. The fraction of sp³-hybridized carbons (Fsp3) is 0.917. The Morgan fingerprint density at radius 2 is 1.94 bits per heavy atom. The van der Waals surface area contributed by atoms with Gasteiger partial charge in [-0.15, -0.1) is 0 Å². The Morgan fingerprint density at radius 3 is 2.38 bits per heavy atom. The van der Waals surface area contributed by atoms with Crippen molar-refractivity contribution >= 4 is 5.84 Å². The highest BCUT2D eigenvalue weighted by molar-refractivity contribution is 5.85. The molecule has 0 unspecified atom stereocenters. The average molecular weight is 229 g/mol. The molecule has 4 heteroatoms. The number of rotatable bonds is 7. The lowest BCUT2D eigenvalue weighted by Gasteiger charge is -2.26. The van der Waals surface area contributed by atoms with Crippen molar-refractivity contribution in [3.05, 3.63) is 0 Å². The number of nitrogens with zero attached hydrogens (tertiary/aromatic N) is 2. The number of nitrogens with two attached hydrogens (primary N) is 1. The third kappa shape index (κ3) is 5.95. The summed E-state index contributed by atoms with van der Waals surface area (Å²) in [6.07, 6.45) is 2.11. The Bertz CT molecular complexity index is 224. The first-order valence-corrected chi connectivity index (χ1v) is 5.96. The summed E-state index contributed by atoms with van der Waals surface area (Å²) in [6.45, 7) is 10.5. The molecule has 0 radical (unpaired) electrons. The average Bonchev–Trinajstić information content (AvgIpc) is 2.22. The van der Waals surface area contributed by atoms with Gasteiger partial charge in [-0.25, -0.2) is 0 Å². The Kier molecular flexibility index (Phi) is 6.41. The van der Waals surface area contributed by atoms with Crippen LogP contribution in [0.15, 0.2) is 5.16 Å². The van der Waals surface area contributed by atoms with Crippen LogP contribution >= 0.6 is 0 Å². The lowest BCUT2D eigenvalue weighted by atomic mass is 9.88. The van der Waals surface area contributed by atoms with Crippen LogP contribution in [0.2, 0.25) is 0 Å². The molecule has 0 aromatic rings. The summed E-state index contributed by atoms with van der Waals surface area (Å²) in [6, 6.07) is 0. The monoisotopic (exact) mass is 229 g/mol. The standard InChI is InChI=1S/C12H27N3O/c1-10(2)6-8-15(5)9-7-12(3,4)11(13)14-16/h10,16H,6-9H2,1-5H3,(H2,13,14). The smallest absolute Gasteiger partial charge is 0.144 e. The zero-order valence-electron chi connectivity index (χ0n) is 11.3. The van der Waals surface area contributed by atoms with Gasteiger partial charge >= 0.3 is 0 Å². The Labute approximate surface area is 99.5 Å². The summed E-state index contributed by atoms with van der Waals surface area (Å²) in [5, 5.41) is 11.7. The number of oxime groups is 1. The molecule has 0 fully saturated rings. The molecule has 16 heavy (non-hydrogen) atoms. The first-order chi connectivity index (χ1) is 7.29. The second kappa shape index (κ2) is 6.74. The molecule has 3 N–H and O–H groups in total. The molecule has 0 atom stereocenters. The molecule has 0 rings (SSSR count). The Morgan fingerprint density at radius 1 is 1.38 bits per heavy atom. The van der Waals surface area contributed by atoms with Gasteiger partial charge in [0.2, 0.25) is 0 Å². The summed E-state index contributed by atoms with van der Waals surface area (Å²) in [5.41, 5.74) is 5.41. The van der Waals surface area contributed by atoms with Gasteiger partial charge in [-0.2, -0.15) is 0 Å². The molecule has 0 saturated heterocycles. The largest absolute Gasteiger partial charge is 0.409 e. The van der Waals surface area contributed by atoms with Crippen molar-refractivity contribution in [1.82, 2.24) is 4.90 Å². The van der Waals surface area contributed by atoms with E-state index < -0.39 is 0 Å². The van der Waals surface area contributed by atoms with Gasteiger partial charge in [0.25, 0.3) is 0 Å². The van der Waals surface area contributed by atoms with E-state index in [2.05, 4.69) is 31.0 Å². The van der Waals surface area contributed by atoms with Gasteiger partial charge in [0.1, 0.15) is 5.84 Å². The van der Waals surface area contributed by atoms with E-state index in [4.69, 9.17) is 10.9 Å². The third-order valence-corrected chi connectivity index (χ3v) is 3.01. The van der Waals surface area contributed by atoms with Gasteiger partial charge in [-0.1, -0.05) is 32.9 Å². The highest BCUT2D eigenvalue weighted by Crippen LogP contribution is 2.20. The topological polar surface area (TPSA) is 61.8 Å². The maximum Gasteiger partial charge on any atom is 0.144 e. The summed E-state index contributed by atoms with van der Waals surface area (Å²) in [5.74, 6) is 1.05. The van der Waals surface area contributed by atoms with E-state index in [0.29, 0.717) is 5.84 Å². The predicted octanol–water partition coefficient (Wildman–Crippen LogP) is 2.13. The minimum atomic E-state index is -0.235. The molecule has 0 aliphatic rings. The van der Waals surface area contributed by atoms with Crippen molar-refractivity contribution in [2.75, 3.05) is 20.1 Å². The minimum absolute atomic E-state index is 0.235. The van der Waals surface area contributed by atoms with Crippen LogP contribution in [0, 0.1) is 11.3 Å². The van der Waals surface area contributed by atoms with E-state index in [1.165, 1.54) is 6.42 Å². The van der Waals surface area contributed by atoms with Crippen LogP contribution < -0.4 is 5.73 Å². The summed E-state index contributed by atoms with van der Waals surface area (Å²) in [7, 11) is 2.12. The van der Waals surface area contributed by atoms with Gasteiger partial charge in [-0.05, 0) is 38.9 Å². The molecule has 0 aliphatic heterocycles. The summed E-state index contributed by atoms with van der Waals surface area (Å²) < 4.78 is 0. The van der Waals surface area contributed by atoms with Gasteiger partial charge in [0, 0.05) is 5.41 Å². The second-order valence-corrected chi connectivity index (χ2v) is 5.60. The summed E-state index contributed by atoms with van der Waals surface area (Å²) in [4.78, 5) is 2.30. The molecular weight excluding hydrogens is 202 g/mol. The molecule has 0 aromatic heterocycles. The van der Waals surface area contributed by atoms with Gasteiger partial charge in [0.05, 0.1) is 0 Å². The van der Waals surface area contributed by atoms with E-state index in [1.54, 1.807) is 0 Å². The van der Waals surface area contributed by atoms with E-state index in [0.717, 1.165) is 25.4 Å². The van der Waals surface area contributed by atoms with Crippen molar-refractivity contribution in [3.63, 3.8) is 0 Å². The van der Waals surface area contributed by atoms with Crippen molar-refractivity contribution in [1.29, 1.82) is 0 Å². The lowest BCUT2D eigenvalue weighted by molar-refractivity contribution is 0.267. The van der Waals surface area contributed by atoms with Crippen LogP contribution in [0.5, 0.6) is 0 Å². The molecule has 4 nitrogen and oxygen atoms in total. The second-order valence-electron chi connectivity index (χ2n) is 5.60. The zero-order chi connectivity index (χ0) is 12.8. The number of hydrogen-bond donors (Lipinski definition) is 2. The zero-order valence-corrected chi connectivity index (χ0v) is 11.3. The molecule has 0 amide bonds. The highest BCUT2D eigenvalue weighted by Gasteiger charge is 2.23. The maximum absolute atomic E-state index is 8.66. The number of amidine groups is 1. The van der Waals surface area contributed by atoms with Gasteiger partial charge in [-0.3, -0.25) is 0 Å². The van der Waals surface area contributed by atoms with Crippen molar-refractivity contribution < 1.29 is 5.21 Å². The minimum Gasteiger partial charge on any atom is -0.409 e. The fourth-order valence-electron chi connectivity index (χ4n) is 1.32. The third-order valence-electron chi connectivity index (χ3n) is 3.01. The molecule has 0 aromatic carbocycles. The molecular formula is C12H27N3O. The highest BCUT2D eigenvalue weighted by atomic mass is 16.4. The molecule has 96 valence electrons. The van der Waals surface area contributed by atoms with Gasteiger partial charge in [0.15, 0.2) is 0 Å². The Hall–Kier alpha value is -0.770. The molecule has 0 bridgehead atoms. The Balaban J connectivity index is 3.95. The van der Waals surface area contributed by atoms with Crippen molar-refractivity contribution in [3.8, 4) is 0 Å². The normalized spacial score (nSPS) is 13.8. The quantitative estimate of drug-likeness (QED) is 0.304. The molecule has 0 aliphatic carbocycles. The first-order valence-electron chi connectivity index (χ1n) is 5.96. The van der Waals surface area contributed by atoms with Crippen molar-refractivity contribution in [2.45, 2.75) is 40.5 Å². The van der Waals surface area contributed by atoms with E-state index in [-0.39, 0.29) is 5.41 Å². The van der Waals surface area contributed by atoms with Crippen LogP contribution in [0.4, 0.5) is 0 Å². The van der Waals surface area contributed by atoms with E-state index in [9.17, 15) is 0 Å². The lowest BCUT2D eigenvalue weighted by Crippen LogP contribution is -2.35. The van der Waals surface area contributed by atoms with Crippen LogP contribution in [0.1, 0.15) is 40.5 Å². The molecule has 0 spiro atoms. The van der Waals surface area contributed by atoms with Crippen molar-refractivity contribution in [2.24, 2.45) is 22.2 Å². The maximum atomic E-state index is 8.66. The predicted molar refractivity (Wildman–Crippen MR) is 68.8 cm³/mol. The van der Waals surface area contributed by atoms with Gasteiger partial charge < -0.3 is 15.8 Å². The van der Waals surface area contributed by atoms with E-state index >= 15 is 0 Å². The van der Waals surface area contributed by atoms with Crippen LogP contribution in [-0.4, -0.2) is 36.1 Å². The summed E-state index contributed by atoms with van der Waals surface area (Å²) >= 11 is 0. The molecule has 0 heterocycles. The van der Waals surface area contributed by atoms with Crippen LogP contribution in [-0.2, 0) is 0 Å².